The maximum atomic E-state index is 4.73. The van der Waals surface area contributed by atoms with Crippen LogP contribution in [0.1, 0.15) is 0 Å². The highest BCUT2D eigenvalue weighted by Gasteiger charge is 2.01. The lowest BCUT2D eigenvalue weighted by Gasteiger charge is -2.11. The summed E-state index contributed by atoms with van der Waals surface area (Å²) in [5.41, 5.74) is 1.34. The lowest BCUT2D eigenvalue weighted by molar-refractivity contribution is 0.226. The maximum absolute atomic E-state index is 4.73. The zero-order valence-electron chi connectivity index (χ0n) is 3.28. The number of hydrogen-bond donors (Lipinski definition) is 0. The van der Waals surface area contributed by atoms with Crippen LogP contribution in [0.4, 0.5) is 0 Å². The first-order chi connectivity index (χ1) is 2.93. The molecular formula is C4H5BrO. The van der Waals surface area contributed by atoms with E-state index in [0.29, 0.717) is 0 Å². The molecule has 34 valence electrons. The smallest absolute Gasteiger partial charge is 0.112 e. The predicted molar refractivity (Wildman–Crippen MR) is 27.8 cm³/mol. The third-order valence-electron chi connectivity index (χ3n) is 0.690. The molecule has 0 saturated carbocycles. The Morgan fingerprint density at radius 1 is 2.00 bits per heavy atom. The van der Waals surface area contributed by atoms with E-state index in [-0.39, 0.29) is 0 Å². The van der Waals surface area contributed by atoms with Crippen LogP contribution in [0.3, 0.4) is 0 Å². The van der Waals surface area contributed by atoms with Gasteiger partial charge in [-0.2, -0.15) is 0 Å². The van der Waals surface area contributed by atoms with E-state index in [9.17, 15) is 0 Å². The molecule has 2 heteroatoms. The highest BCUT2D eigenvalue weighted by Crippen LogP contribution is 2.08. The van der Waals surface area contributed by atoms with Crippen molar-refractivity contribution in [1.82, 2.24) is 0 Å². The molecule has 0 fully saturated rings. The largest absolute Gasteiger partial charge is 0.497 e. The van der Waals surface area contributed by atoms with Crippen molar-refractivity contribution >= 4 is 15.9 Å². The summed E-state index contributed by atoms with van der Waals surface area (Å²) in [4.78, 5) is 0. The number of halogens is 1. The molecule has 1 aliphatic rings. The normalized spacial score (nSPS) is 17.8. The van der Waals surface area contributed by atoms with Gasteiger partial charge < -0.3 is 4.74 Å². The van der Waals surface area contributed by atoms with Gasteiger partial charge in [0.1, 0.15) is 6.61 Å². The van der Waals surface area contributed by atoms with Crippen LogP contribution in [0.5, 0.6) is 0 Å². The number of alkyl halides is 1. The standard InChI is InChI=1S/C4H5BrO/c5-1-4-2-6-3-4/h2H,1,3H2. The van der Waals surface area contributed by atoms with Gasteiger partial charge in [-0.25, -0.2) is 0 Å². The zero-order valence-corrected chi connectivity index (χ0v) is 4.86. The summed E-state index contributed by atoms with van der Waals surface area (Å²) in [5, 5.41) is 0.965. The highest BCUT2D eigenvalue weighted by molar-refractivity contribution is 9.09. The molecule has 0 aromatic carbocycles. The minimum absolute atomic E-state index is 0.825. The Hall–Kier alpha value is 0.0200. The second-order valence-corrected chi connectivity index (χ2v) is 1.78. The average Bonchev–Trinajstić information content (AvgIpc) is 1.31. The van der Waals surface area contributed by atoms with E-state index in [1.165, 1.54) is 5.57 Å². The minimum Gasteiger partial charge on any atom is -0.497 e. The van der Waals surface area contributed by atoms with Gasteiger partial charge in [0.25, 0.3) is 0 Å². The van der Waals surface area contributed by atoms with Gasteiger partial charge in [-0.05, 0) is 0 Å². The fourth-order valence-electron chi connectivity index (χ4n) is 0.271. The molecule has 0 saturated heterocycles. The molecule has 0 atom stereocenters. The number of rotatable bonds is 1. The lowest BCUT2D eigenvalue weighted by Crippen LogP contribution is -2.04. The molecule has 1 nitrogen and oxygen atoms in total. The van der Waals surface area contributed by atoms with Crippen molar-refractivity contribution in [2.24, 2.45) is 0 Å². The fourth-order valence-corrected chi connectivity index (χ4v) is 0.565. The summed E-state index contributed by atoms with van der Waals surface area (Å²) in [6.07, 6.45) is 1.77. The quantitative estimate of drug-likeness (QED) is 0.510. The predicted octanol–water partition coefficient (Wildman–Crippen LogP) is 1.30. The zero-order chi connectivity index (χ0) is 4.41. The molecule has 0 unspecified atom stereocenters. The Balaban J connectivity index is 2.32. The first kappa shape index (κ1) is 4.19. The van der Waals surface area contributed by atoms with Crippen molar-refractivity contribution in [1.29, 1.82) is 0 Å². The van der Waals surface area contributed by atoms with Crippen LogP contribution in [0.2, 0.25) is 0 Å². The van der Waals surface area contributed by atoms with Crippen molar-refractivity contribution in [3.05, 3.63) is 11.8 Å². The van der Waals surface area contributed by atoms with E-state index < -0.39 is 0 Å². The van der Waals surface area contributed by atoms with Crippen molar-refractivity contribution in [3.8, 4) is 0 Å². The van der Waals surface area contributed by atoms with E-state index >= 15 is 0 Å². The van der Waals surface area contributed by atoms with Crippen LogP contribution in [-0.2, 0) is 4.74 Å². The second-order valence-electron chi connectivity index (χ2n) is 1.22. The summed E-state index contributed by atoms with van der Waals surface area (Å²) < 4.78 is 4.73. The van der Waals surface area contributed by atoms with Gasteiger partial charge in [-0.3, -0.25) is 0 Å². The molecule has 1 rings (SSSR count). The van der Waals surface area contributed by atoms with Gasteiger partial charge in [-0.1, -0.05) is 15.9 Å². The van der Waals surface area contributed by atoms with E-state index in [1.54, 1.807) is 6.26 Å². The van der Waals surface area contributed by atoms with Crippen LogP contribution in [0.25, 0.3) is 0 Å². The Morgan fingerprint density at radius 3 is 2.67 bits per heavy atom. The molecule has 6 heavy (non-hydrogen) atoms. The highest BCUT2D eigenvalue weighted by atomic mass is 79.9. The Labute approximate surface area is 45.1 Å². The summed E-state index contributed by atoms with van der Waals surface area (Å²) in [6.45, 7) is 0.825. The monoisotopic (exact) mass is 148 g/mol. The van der Waals surface area contributed by atoms with Crippen LogP contribution in [-0.4, -0.2) is 11.9 Å². The van der Waals surface area contributed by atoms with Crippen LogP contribution in [0.15, 0.2) is 11.8 Å². The summed E-state index contributed by atoms with van der Waals surface area (Å²) in [7, 11) is 0. The molecular weight excluding hydrogens is 144 g/mol. The van der Waals surface area contributed by atoms with Gasteiger partial charge in [-0.15, -0.1) is 0 Å². The van der Waals surface area contributed by atoms with Crippen LogP contribution >= 0.6 is 15.9 Å². The van der Waals surface area contributed by atoms with Gasteiger partial charge in [0, 0.05) is 10.9 Å². The molecule has 0 N–H and O–H groups in total. The van der Waals surface area contributed by atoms with E-state index in [0.717, 1.165) is 11.9 Å². The van der Waals surface area contributed by atoms with E-state index in [1.807, 2.05) is 0 Å². The van der Waals surface area contributed by atoms with Crippen molar-refractivity contribution in [2.45, 2.75) is 0 Å². The Kier molecular flexibility index (Phi) is 1.15. The second kappa shape index (κ2) is 1.65. The molecule has 0 spiro atoms. The summed E-state index contributed by atoms with van der Waals surface area (Å²) >= 11 is 3.28. The maximum Gasteiger partial charge on any atom is 0.112 e. The van der Waals surface area contributed by atoms with Crippen LogP contribution < -0.4 is 0 Å². The molecule has 1 heterocycles. The molecule has 0 radical (unpaired) electrons. The number of ether oxygens (including phenoxy) is 1. The first-order valence-corrected chi connectivity index (χ1v) is 2.91. The van der Waals surface area contributed by atoms with E-state index in [2.05, 4.69) is 15.9 Å². The molecule has 0 amide bonds. The van der Waals surface area contributed by atoms with Crippen molar-refractivity contribution in [2.75, 3.05) is 11.9 Å². The minimum atomic E-state index is 0.825. The third kappa shape index (κ3) is 0.570. The lowest BCUT2D eigenvalue weighted by atomic mass is 10.3. The average molecular weight is 149 g/mol. The Bertz CT molecular complexity index is 77.6. The van der Waals surface area contributed by atoms with Crippen molar-refractivity contribution in [3.63, 3.8) is 0 Å². The molecule has 0 bridgehead atoms. The first-order valence-electron chi connectivity index (χ1n) is 1.79. The van der Waals surface area contributed by atoms with Gasteiger partial charge in [0.2, 0.25) is 0 Å². The molecule has 0 aliphatic carbocycles. The molecule has 1 aliphatic heterocycles. The van der Waals surface area contributed by atoms with Crippen LogP contribution in [0, 0.1) is 0 Å². The molecule has 0 aromatic heterocycles. The topological polar surface area (TPSA) is 9.23 Å². The third-order valence-corrected chi connectivity index (χ3v) is 1.41. The van der Waals surface area contributed by atoms with Gasteiger partial charge >= 0.3 is 0 Å². The fraction of sp³-hybridized carbons (Fsp3) is 0.500. The van der Waals surface area contributed by atoms with Crippen molar-refractivity contribution < 1.29 is 4.74 Å². The summed E-state index contributed by atoms with van der Waals surface area (Å²) in [6, 6.07) is 0. The van der Waals surface area contributed by atoms with E-state index in [4.69, 9.17) is 4.74 Å². The Morgan fingerprint density at radius 2 is 2.67 bits per heavy atom. The number of hydrogen-bond acceptors (Lipinski definition) is 1. The SMILES string of the molecule is BrCC1=COC1. The van der Waals surface area contributed by atoms with Gasteiger partial charge in [0.15, 0.2) is 0 Å². The molecule has 0 aromatic rings. The summed E-state index contributed by atoms with van der Waals surface area (Å²) in [5.74, 6) is 0. The van der Waals surface area contributed by atoms with Gasteiger partial charge in [0.05, 0.1) is 6.26 Å².